The number of nitrogens with one attached hydrogen (secondary N) is 1. The van der Waals surface area contributed by atoms with E-state index in [1.165, 1.54) is 0 Å². The topological polar surface area (TPSA) is 58.6 Å². The van der Waals surface area contributed by atoms with E-state index in [-0.39, 0.29) is 34.9 Å². The van der Waals surface area contributed by atoms with Gasteiger partial charge in [0.05, 0.1) is 29.9 Å². The molecule has 5 nitrogen and oxygen atoms in total. The summed E-state index contributed by atoms with van der Waals surface area (Å²) in [5, 5.41) is 3.54. The van der Waals surface area contributed by atoms with Crippen LogP contribution in [0.5, 0.6) is 0 Å². The van der Waals surface area contributed by atoms with Gasteiger partial charge in [-0.05, 0) is 80.9 Å². The maximum atomic E-state index is 13.3. The number of rotatable bonds is 9. The lowest BCUT2D eigenvalue weighted by atomic mass is 9.78. The normalized spacial score (nSPS) is 21.1. The van der Waals surface area contributed by atoms with Crippen LogP contribution in [0, 0.1) is 16.7 Å². The summed E-state index contributed by atoms with van der Waals surface area (Å²) in [5.41, 5.74) is 1.61. The molecule has 0 radical (unpaired) electrons. The van der Waals surface area contributed by atoms with Crippen molar-refractivity contribution in [3.63, 3.8) is 0 Å². The zero-order valence-electron chi connectivity index (χ0n) is 23.2. The molecule has 0 bridgehead atoms. The van der Waals surface area contributed by atoms with E-state index in [0.29, 0.717) is 18.0 Å². The number of nitrogens with zero attached hydrogens (tertiary/aromatic N) is 1. The van der Waals surface area contributed by atoms with E-state index in [4.69, 9.17) is 4.74 Å². The molecule has 34 heavy (non-hydrogen) atoms. The predicted octanol–water partition coefficient (Wildman–Crippen LogP) is 6.73. The number of hydrogen-bond donors (Lipinski definition) is 1. The highest BCUT2D eigenvalue weighted by Crippen LogP contribution is 2.40. The molecule has 0 aromatic heterocycles. The fourth-order valence-electron chi connectivity index (χ4n) is 4.51. The number of amides is 1. The molecule has 1 saturated heterocycles. The lowest BCUT2D eigenvalue weighted by Crippen LogP contribution is -2.51. The molecular weight excluding hydrogens is 424 g/mol. The fourth-order valence-corrected chi connectivity index (χ4v) is 4.51. The van der Waals surface area contributed by atoms with Crippen LogP contribution in [-0.2, 0) is 9.53 Å². The van der Waals surface area contributed by atoms with Gasteiger partial charge in [-0.25, -0.2) is 4.79 Å². The number of hydrogen-bond acceptors (Lipinski definition) is 4. The van der Waals surface area contributed by atoms with Crippen molar-refractivity contribution >= 4 is 11.9 Å². The molecule has 1 aliphatic heterocycles. The summed E-state index contributed by atoms with van der Waals surface area (Å²) in [6.07, 6.45) is 3.66. The third-order valence-corrected chi connectivity index (χ3v) is 7.32. The lowest BCUT2D eigenvalue weighted by Gasteiger charge is -2.43. The zero-order chi connectivity index (χ0) is 25.9. The molecule has 0 spiro atoms. The highest BCUT2D eigenvalue weighted by molar-refractivity contribution is 5.89. The summed E-state index contributed by atoms with van der Waals surface area (Å²) in [4.78, 5) is 27.7. The number of ether oxygens (including phenoxy) is 1. The molecule has 1 amide bonds. The van der Waals surface area contributed by atoms with Crippen molar-refractivity contribution in [1.82, 2.24) is 10.2 Å². The highest BCUT2D eigenvalue weighted by Gasteiger charge is 2.45. The molecule has 1 aliphatic rings. The van der Waals surface area contributed by atoms with Crippen LogP contribution in [0.3, 0.4) is 0 Å². The van der Waals surface area contributed by atoms with Gasteiger partial charge in [0.15, 0.2) is 0 Å². The Balaban J connectivity index is 2.35. The summed E-state index contributed by atoms with van der Waals surface area (Å²) in [5.74, 6) is 0.379. The van der Waals surface area contributed by atoms with Crippen molar-refractivity contribution in [2.24, 2.45) is 16.7 Å². The van der Waals surface area contributed by atoms with E-state index in [0.717, 1.165) is 31.2 Å². The third kappa shape index (κ3) is 7.56. The van der Waals surface area contributed by atoms with Crippen LogP contribution in [0.4, 0.5) is 0 Å². The van der Waals surface area contributed by atoms with Crippen LogP contribution in [0.25, 0.3) is 0 Å². The molecule has 1 N–H and O–H groups in total. The van der Waals surface area contributed by atoms with Crippen molar-refractivity contribution in [2.45, 2.75) is 113 Å². The molecule has 192 valence electrons. The molecule has 1 aromatic rings. The first-order chi connectivity index (χ1) is 15.5. The van der Waals surface area contributed by atoms with Crippen LogP contribution >= 0.6 is 0 Å². The van der Waals surface area contributed by atoms with Crippen LogP contribution < -0.4 is 5.32 Å². The quantitative estimate of drug-likeness (QED) is 0.405. The molecule has 2 rings (SSSR count). The van der Waals surface area contributed by atoms with Gasteiger partial charge < -0.3 is 9.64 Å². The highest BCUT2D eigenvalue weighted by atomic mass is 16.5. The predicted molar refractivity (Wildman–Crippen MR) is 140 cm³/mol. The van der Waals surface area contributed by atoms with E-state index in [1.807, 2.05) is 38.1 Å². The number of benzene rings is 1. The summed E-state index contributed by atoms with van der Waals surface area (Å²) in [6.45, 7) is 22.1. The Labute approximate surface area is 208 Å². The number of carbonyl (C=O) groups is 2. The van der Waals surface area contributed by atoms with Gasteiger partial charge in [0, 0.05) is 0 Å². The van der Waals surface area contributed by atoms with E-state index in [9.17, 15) is 9.59 Å². The minimum Gasteiger partial charge on any atom is -0.459 e. The fraction of sp³-hybridized carbons (Fsp3) is 0.724. The second-order valence-corrected chi connectivity index (χ2v) is 12.9. The van der Waals surface area contributed by atoms with Crippen LogP contribution in [-0.4, -0.2) is 35.1 Å². The minimum atomic E-state index is -0.394. The van der Waals surface area contributed by atoms with Gasteiger partial charge in [0.1, 0.15) is 0 Å². The smallest absolute Gasteiger partial charge is 0.338 e. The average Bonchev–Trinajstić information content (AvgIpc) is 3.00. The maximum Gasteiger partial charge on any atom is 0.338 e. The Morgan fingerprint density at radius 2 is 1.65 bits per heavy atom. The van der Waals surface area contributed by atoms with Crippen molar-refractivity contribution in [3.05, 3.63) is 35.4 Å². The molecule has 1 fully saturated rings. The average molecular weight is 473 g/mol. The molecule has 0 aliphatic carbocycles. The zero-order valence-corrected chi connectivity index (χ0v) is 23.2. The Kier molecular flexibility index (Phi) is 9.01. The first kappa shape index (κ1) is 28.4. The molecular formula is C29H48N2O3. The minimum absolute atomic E-state index is 0.0492. The molecule has 1 aromatic carbocycles. The van der Waals surface area contributed by atoms with Crippen LogP contribution in [0.15, 0.2) is 24.3 Å². The van der Waals surface area contributed by atoms with Gasteiger partial charge >= 0.3 is 5.97 Å². The van der Waals surface area contributed by atoms with Crippen molar-refractivity contribution in [1.29, 1.82) is 0 Å². The number of carbonyl (C=O) groups excluding carboxylic acids is 2. The Bertz CT molecular complexity index is 832. The van der Waals surface area contributed by atoms with Gasteiger partial charge in [-0.3, -0.25) is 10.1 Å². The summed E-state index contributed by atoms with van der Waals surface area (Å²) < 4.78 is 5.35. The maximum absolute atomic E-state index is 13.3. The summed E-state index contributed by atoms with van der Waals surface area (Å²) in [7, 11) is 0. The monoisotopic (exact) mass is 472 g/mol. The van der Waals surface area contributed by atoms with Gasteiger partial charge in [0.25, 0.3) is 0 Å². The molecule has 5 heteroatoms. The van der Waals surface area contributed by atoms with Crippen LogP contribution in [0.1, 0.15) is 117 Å². The largest absolute Gasteiger partial charge is 0.459 e. The van der Waals surface area contributed by atoms with Gasteiger partial charge in [-0.15, -0.1) is 0 Å². The first-order valence-electron chi connectivity index (χ1n) is 12.9. The van der Waals surface area contributed by atoms with Crippen molar-refractivity contribution in [3.8, 4) is 0 Å². The van der Waals surface area contributed by atoms with Gasteiger partial charge in [0.2, 0.25) is 5.91 Å². The second-order valence-electron chi connectivity index (χ2n) is 12.9. The van der Waals surface area contributed by atoms with E-state index in [1.54, 1.807) is 0 Å². The third-order valence-electron chi connectivity index (χ3n) is 7.32. The van der Waals surface area contributed by atoms with Crippen LogP contribution in [0.2, 0.25) is 0 Å². The van der Waals surface area contributed by atoms with Gasteiger partial charge in [-0.2, -0.15) is 0 Å². The Morgan fingerprint density at radius 1 is 1.06 bits per heavy atom. The van der Waals surface area contributed by atoms with Crippen molar-refractivity contribution < 1.29 is 14.3 Å². The SMILES string of the molecule is CC(C)OC(=O)c1ccc([C@@H](CCC(C)(C)C)N2C(=O)CNC2(C)CCC(C)C(C)(C)C)cc1. The van der Waals surface area contributed by atoms with E-state index < -0.39 is 5.66 Å². The van der Waals surface area contributed by atoms with Gasteiger partial charge in [-0.1, -0.05) is 60.6 Å². The Hall–Kier alpha value is -1.88. The molecule has 1 heterocycles. The summed E-state index contributed by atoms with van der Waals surface area (Å²) >= 11 is 0. The van der Waals surface area contributed by atoms with Crippen molar-refractivity contribution in [2.75, 3.05) is 6.54 Å². The molecule has 0 saturated carbocycles. The Morgan fingerprint density at radius 3 is 2.15 bits per heavy atom. The second kappa shape index (κ2) is 10.8. The first-order valence-corrected chi connectivity index (χ1v) is 12.9. The standard InChI is InChI=1S/C29H48N2O3/c1-20(2)34-26(33)23-13-11-22(12-14-23)24(16-17-27(4,5)6)31-25(32)19-30-29(31,10)18-15-21(3)28(7,8)9/h11-14,20-21,24,30H,15-19H2,1-10H3/t21?,24-,29?/m1/s1. The number of esters is 1. The van der Waals surface area contributed by atoms with E-state index in [2.05, 4.69) is 65.6 Å². The lowest BCUT2D eigenvalue weighted by molar-refractivity contribution is -0.134. The molecule has 2 unspecified atom stereocenters. The van der Waals surface area contributed by atoms with E-state index >= 15 is 0 Å². The summed E-state index contributed by atoms with van der Waals surface area (Å²) in [6, 6.07) is 7.60. The molecule has 3 atom stereocenters.